The summed E-state index contributed by atoms with van der Waals surface area (Å²) >= 11 is 11.4. The lowest BCUT2D eigenvalue weighted by atomic mass is 10.1. The van der Waals surface area contributed by atoms with Gasteiger partial charge in [-0.25, -0.2) is 4.79 Å². The molecule has 0 saturated heterocycles. The first-order valence-corrected chi connectivity index (χ1v) is 12.4. The van der Waals surface area contributed by atoms with Crippen molar-refractivity contribution in [2.75, 3.05) is 25.5 Å². The van der Waals surface area contributed by atoms with Crippen molar-refractivity contribution in [3.8, 4) is 0 Å². The SMILES string of the molecule is COC(=O)C(CCCCNc1cc([N+](=O)[O-])ccc1[N+](=O)[O-])NC(=O)CNC(=O)[C@@H]1[C@H](C=C(Cl)Cl)C1(C)C. The molecule has 2 amide bonds. The second-order valence-corrected chi connectivity index (χ2v) is 10.3. The normalized spacial score (nSPS) is 17.9. The zero-order chi connectivity index (χ0) is 28.6. The van der Waals surface area contributed by atoms with Gasteiger partial charge in [0.2, 0.25) is 11.8 Å². The zero-order valence-corrected chi connectivity index (χ0v) is 22.5. The summed E-state index contributed by atoms with van der Waals surface area (Å²) in [5.74, 6) is -2.14. The van der Waals surface area contributed by atoms with E-state index in [1.165, 1.54) is 7.11 Å². The maximum Gasteiger partial charge on any atom is 0.328 e. The number of unbranched alkanes of at least 4 members (excludes halogenated alkanes) is 1. The Morgan fingerprint density at radius 1 is 1.16 bits per heavy atom. The minimum Gasteiger partial charge on any atom is -0.467 e. The number of nitrogens with one attached hydrogen (secondary N) is 3. The van der Waals surface area contributed by atoms with Crippen LogP contribution >= 0.6 is 23.2 Å². The summed E-state index contributed by atoms with van der Waals surface area (Å²) in [7, 11) is 1.18. The first kappa shape index (κ1) is 30.8. The van der Waals surface area contributed by atoms with E-state index in [0.29, 0.717) is 12.8 Å². The van der Waals surface area contributed by atoms with Gasteiger partial charge in [0.05, 0.1) is 29.4 Å². The van der Waals surface area contributed by atoms with Gasteiger partial charge in [-0.1, -0.05) is 37.0 Å². The standard InChI is InChI=1S/C23H29Cl2N5O8/c1-23(2)14(11-18(24)25)20(23)21(32)27-12-19(31)28-15(22(33)38-3)6-4-5-9-26-16-10-13(29(34)35)7-8-17(16)30(36)37/h7-8,10-11,14-15,20,26H,4-6,9,12H2,1-3H3,(H,27,32)(H,28,31)/t14-,15?,20-/m0/s1. The van der Waals surface area contributed by atoms with Crippen LogP contribution < -0.4 is 16.0 Å². The number of methoxy groups -OCH3 is 1. The molecule has 1 fully saturated rings. The molecule has 0 aromatic heterocycles. The molecule has 0 spiro atoms. The lowest BCUT2D eigenvalue weighted by Gasteiger charge is -2.17. The Morgan fingerprint density at radius 3 is 2.42 bits per heavy atom. The van der Waals surface area contributed by atoms with Crippen LogP contribution in [0.1, 0.15) is 33.1 Å². The lowest BCUT2D eigenvalue weighted by molar-refractivity contribution is -0.388. The Bertz CT molecular complexity index is 1120. The quantitative estimate of drug-likeness (QED) is 0.130. The molecule has 208 valence electrons. The molecule has 1 aliphatic carbocycles. The maximum atomic E-state index is 12.5. The molecule has 0 heterocycles. The molecule has 1 aromatic rings. The molecule has 1 aliphatic rings. The lowest BCUT2D eigenvalue weighted by Crippen LogP contribution is -2.46. The molecule has 0 radical (unpaired) electrons. The minimum absolute atomic E-state index is 0.00245. The highest BCUT2D eigenvalue weighted by Gasteiger charge is 2.60. The number of allylic oxidation sites excluding steroid dienone is 1. The number of benzene rings is 1. The van der Waals surface area contributed by atoms with E-state index in [9.17, 15) is 34.6 Å². The van der Waals surface area contributed by atoms with Crippen LogP contribution in [0.25, 0.3) is 0 Å². The summed E-state index contributed by atoms with van der Waals surface area (Å²) in [5, 5.41) is 30.0. The van der Waals surface area contributed by atoms with Gasteiger partial charge < -0.3 is 20.7 Å². The third-order valence-electron chi connectivity index (χ3n) is 6.37. The molecule has 0 bridgehead atoms. The Morgan fingerprint density at radius 2 is 1.84 bits per heavy atom. The van der Waals surface area contributed by atoms with Crippen molar-refractivity contribution >= 4 is 58.0 Å². The molecular formula is C23H29Cl2N5O8. The monoisotopic (exact) mass is 573 g/mol. The third kappa shape index (κ3) is 8.28. The highest BCUT2D eigenvalue weighted by molar-refractivity contribution is 6.55. The van der Waals surface area contributed by atoms with Gasteiger partial charge in [0.15, 0.2) is 0 Å². The second kappa shape index (κ2) is 13.4. The predicted molar refractivity (Wildman–Crippen MR) is 140 cm³/mol. The van der Waals surface area contributed by atoms with Crippen molar-refractivity contribution in [1.82, 2.24) is 10.6 Å². The van der Waals surface area contributed by atoms with Gasteiger partial charge in [0.25, 0.3) is 11.4 Å². The number of nitrogens with zero attached hydrogens (tertiary/aromatic N) is 2. The second-order valence-electron chi connectivity index (χ2n) is 9.28. The van der Waals surface area contributed by atoms with Crippen molar-refractivity contribution in [2.45, 2.75) is 39.2 Å². The number of ether oxygens (including phenoxy) is 1. The van der Waals surface area contributed by atoms with Crippen molar-refractivity contribution in [3.05, 3.63) is 49.0 Å². The molecule has 1 saturated carbocycles. The number of esters is 1. The fourth-order valence-corrected chi connectivity index (χ4v) is 4.45. The van der Waals surface area contributed by atoms with Crippen molar-refractivity contribution in [1.29, 1.82) is 0 Å². The molecule has 13 nitrogen and oxygen atoms in total. The van der Waals surface area contributed by atoms with Gasteiger partial charge in [-0.15, -0.1) is 0 Å². The average Bonchev–Trinajstić information content (AvgIpc) is 3.38. The highest BCUT2D eigenvalue weighted by Crippen LogP contribution is 2.59. The first-order valence-electron chi connectivity index (χ1n) is 11.6. The number of nitro groups is 2. The van der Waals surface area contributed by atoms with Crippen LogP contribution in [-0.4, -0.2) is 53.9 Å². The van der Waals surface area contributed by atoms with Crippen LogP contribution in [0.3, 0.4) is 0 Å². The van der Waals surface area contributed by atoms with Crippen LogP contribution in [0.4, 0.5) is 17.1 Å². The number of carbonyl (C=O) groups is 3. The molecule has 0 aliphatic heterocycles. The number of rotatable bonds is 14. The van der Waals surface area contributed by atoms with E-state index in [2.05, 4.69) is 16.0 Å². The van der Waals surface area contributed by atoms with Crippen molar-refractivity contribution in [2.24, 2.45) is 17.3 Å². The van der Waals surface area contributed by atoms with E-state index < -0.39 is 33.7 Å². The fraction of sp³-hybridized carbons (Fsp3) is 0.522. The van der Waals surface area contributed by atoms with Gasteiger partial charge >= 0.3 is 5.97 Å². The Balaban J connectivity index is 1.84. The van der Waals surface area contributed by atoms with Crippen LogP contribution in [0, 0.1) is 37.5 Å². The number of hydrogen-bond acceptors (Lipinski definition) is 9. The summed E-state index contributed by atoms with van der Waals surface area (Å²) in [5.41, 5.74) is -0.954. The molecule has 38 heavy (non-hydrogen) atoms. The van der Waals surface area contributed by atoms with Crippen molar-refractivity contribution < 1.29 is 29.0 Å². The number of nitro benzene ring substituents is 2. The van der Waals surface area contributed by atoms with Gasteiger partial charge in [-0.3, -0.25) is 29.8 Å². The topological polar surface area (TPSA) is 183 Å². The summed E-state index contributed by atoms with van der Waals surface area (Å²) < 4.78 is 4.81. The van der Waals surface area contributed by atoms with Crippen molar-refractivity contribution in [3.63, 3.8) is 0 Å². The summed E-state index contributed by atoms with van der Waals surface area (Å²) in [4.78, 5) is 57.8. The first-order chi connectivity index (χ1) is 17.8. The number of non-ortho nitro benzene ring substituents is 1. The van der Waals surface area contributed by atoms with Gasteiger partial charge in [-0.2, -0.15) is 0 Å². The number of hydrogen-bond donors (Lipinski definition) is 3. The van der Waals surface area contributed by atoms with Crippen LogP contribution in [0.15, 0.2) is 28.8 Å². The number of halogens is 2. The molecule has 3 N–H and O–H groups in total. The average molecular weight is 574 g/mol. The smallest absolute Gasteiger partial charge is 0.328 e. The number of amides is 2. The maximum absolute atomic E-state index is 12.5. The largest absolute Gasteiger partial charge is 0.467 e. The van der Waals surface area contributed by atoms with Crippen LogP contribution in [0.2, 0.25) is 0 Å². The molecule has 1 unspecified atom stereocenters. The van der Waals surface area contributed by atoms with Crippen LogP contribution in [-0.2, 0) is 19.1 Å². The van der Waals surface area contributed by atoms with E-state index >= 15 is 0 Å². The van der Waals surface area contributed by atoms with E-state index in [0.717, 1.165) is 18.2 Å². The summed E-state index contributed by atoms with van der Waals surface area (Å²) in [6.45, 7) is 3.64. The Kier molecular flexibility index (Phi) is 10.8. The Hall–Kier alpha value is -3.45. The summed E-state index contributed by atoms with van der Waals surface area (Å²) in [6.07, 6.45) is 2.62. The van der Waals surface area contributed by atoms with Gasteiger partial charge in [0.1, 0.15) is 16.2 Å². The highest BCUT2D eigenvalue weighted by atomic mass is 35.5. The zero-order valence-electron chi connectivity index (χ0n) is 21.0. The van der Waals surface area contributed by atoms with Gasteiger partial charge in [0, 0.05) is 24.7 Å². The van der Waals surface area contributed by atoms with Gasteiger partial charge in [-0.05, 0) is 36.7 Å². The molecule has 3 atom stereocenters. The summed E-state index contributed by atoms with van der Waals surface area (Å²) in [6, 6.07) is 2.21. The van der Waals surface area contributed by atoms with Crippen LogP contribution in [0.5, 0.6) is 0 Å². The predicted octanol–water partition coefficient (Wildman–Crippen LogP) is 3.45. The van der Waals surface area contributed by atoms with E-state index in [1.807, 2.05) is 13.8 Å². The molecule has 15 heteroatoms. The minimum atomic E-state index is -0.973. The molecule has 2 rings (SSSR count). The van der Waals surface area contributed by atoms with E-state index in [1.54, 1.807) is 6.08 Å². The number of anilines is 1. The van der Waals surface area contributed by atoms with E-state index in [4.69, 9.17) is 27.9 Å². The fourth-order valence-electron chi connectivity index (χ4n) is 4.17. The number of carbonyl (C=O) groups excluding carboxylic acids is 3. The Labute approximate surface area is 228 Å². The molecule has 1 aromatic carbocycles. The molecular weight excluding hydrogens is 545 g/mol. The van der Waals surface area contributed by atoms with E-state index in [-0.39, 0.29) is 58.3 Å². The third-order valence-corrected chi connectivity index (χ3v) is 6.62.